The minimum absolute atomic E-state index is 0.126. The van der Waals surface area contributed by atoms with E-state index in [0.717, 1.165) is 0 Å². The van der Waals surface area contributed by atoms with Crippen LogP contribution in [0.2, 0.25) is 0 Å². The molecule has 1 aliphatic heterocycles. The van der Waals surface area contributed by atoms with Crippen molar-refractivity contribution in [1.82, 2.24) is 4.67 Å². The van der Waals surface area contributed by atoms with Gasteiger partial charge in [-0.25, -0.2) is 4.67 Å². The van der Waals surface area contributed by atoms with Crippen molar-refractivity contribution in [3.05, 3.63) is 0 Å². The molecule has 1 saturated heterocycles. The lowest BCUT2D eigenvalue weighted by molar-refractivity contribution is -0.137. The van der Waals surface area contributed by atoms with E-state index in [0.29, 0.717) is 44.9 Å². The predicted molar refractivity (Wildman–Crippen MR) is 107 cm³/mol. The van der Waals surface area contributed by atoms with Crippen LogP contribution in [0, 0.1) is 11.3 Å². The number of halogens is 1. The molecule has 0 spiro atoms. The summed E-state index contributed by atoms with van der Waals surface area (Å²) in [5.41, 5.74) is 0. The molecular weight excluding hydrogens is 458 g/mol. The van der Waals surface area contributed by atoms with E-state index in [1.165, 1.54) is 0 Å². The van der Waals surface area contributed by atoms with E-state index in [1.54, 1.807) is 7.11 Å². The predicted octanol–water partition coefficient (Wildman–Crippen LogP) is 4.07. The fraction of sp³-hybridized carbons (Fsp3) is 0.938. The van der Waals surface area contributed by atoms with Gasteiger partial charge >= 0.3 is 0 Å². The lowest BCUT2D eigenvalue weighted by Gasteiger charge is -2.34. The van der Waals surface area contributed by atoms with Crippen LogP contribution < -0.4 is 0 Å². The van der Waals surface area contributed by atoms with Gasteiger partial charge in [0.2, 0.25) is 0 Å². The van der Waals surface area contributed by atoms with E-state index in [4.69, 9.17) is 26.8 Å². The number of hydrogen-bond acceptors (Lipinski definition) is 7. The molecule has 0 aliphatic carbocycles. The first kappa shape index (κ1) is 25.4. The molecule has 0 radical (unpaired) electrons. The molecule has 0 aromatic heterocycles. The molecule has 0 bridgehead atoms. The van der Waals surface area contributed by atoms with Crippen LogP contribution in [0.4, 0.5) is 0 Å². The second-order valence-electron chi connectivity index (χ2n) is 6.11. The number of rotatable bonds is 9. The Balaban J connectivity index is 0.000000496. The van der Waals surface area contributed by atoms with Crippen LogP contribution >= 0.6 is 31.5 Å². The van der Waals surface area contributed by atoms with Gasteiger partial charge < -0.3 is 21.6 Å². The van der Waals surface area contributed by atoms with E-state index in [9.17, 15) is 0 Å². The Morgan fingerprint density at radius 1 is 1.28 bits per heavy atom. The molecule has 0 amide bonds. The molecule has 9 heteroatoms. The molecule has 25 heavy (non-hydrogen) atoms. The van der Waals surface area contributed by atoms with Crippen LogP contribution in [0.15, 0.2) is 0 Å². The summed E-state index contributed by atoms with van der Waals surface area (Å²) >= 11 is 1.86. The average molecular weight is 490 g/mol. The second kappa shape index (κ2) is 15.5. The van der Waals surface area contributed by atoms with Crippen LogP contribution in [0.3, 0.4) is 0 Å². The molecule has 1 rings (SSSR count). The highest BCUT2D eigenvalue weighted by Crippen LogP contribution is 2.44. The minimum atomic E-state index is -1.03. The molecule has 148 valence electrons. The van der Waals surface area contributed by atoms with E-state index in [2.05, 4.69) is 38.4 Å². The van der Waals surface area contributed by atoms with Crippen molar-refractivity contribution >= 4 is 31.5 Å². The standard InChI is InChI=1S/C10H21N2O2P.C6H11IO3/c1-9(2)12(10(3)4)15(13-5)14-8-6-7-11;1-5-2-8-3-6(10-5)4-9-7/h9-10H,6,8H2,1-5H3;5-6H,2-4H2,1H3. The molecule has 3 unspecified atom stereocenters. The van der Waals surface area contributed by atoms with Gasteiger partial charge in [0.15, 0.2) is 0 Å². The normalized spacial score (nSPS) is 21.8. The first-order chi connectivity index (χ1) is 11.9. The molecule has 0 aromatic carbocycles. The smallest absolute Gasteiger partial charge is 0.258 e. The highest BCUT2D eigenvalue weighted by Gasteiger charge is 2.25. The third kappa shape index (κ3) is 11.7. The van der Waals surface area contributed by atoms with Crippen LogP contribution in [-0.4, -0.2) is 62.5 Å². The third-order valence-electron chi connectivity index (χ3n) is 3.15. The molecule has 3 atom stereocenters. The Kier molecular flexibility index (Phi) is 15.7. The number of nitriles is 1. The molecule has 1 fully saturated rings. The maximum absolute atomic E-state index is 8.43. The summed E-state index contributed by atoms with van der Waals surface area (Å²) in [6, 6.07) is 2.80. The van der Waals surface area contributed by atoms with Gasteiger partial charge in [-0.3, -0.25) is 0 Å². The number of hydrogen-bond donors (Lipinski definition) is 0. The van der Waals surface area contributed by atoms with Crippen LogP contribution in [0.5, 0.6) is 0 Å². The van der Waals surface area contributed by atoms with Gasteiger partial charge in [0.25, 0.3) is 8.53 Å². The van der Waals surface area contributed by atoms with E-state index >= 15 is 0 Å². The fourth-order valence-electron chi connectivity index (χ4n) is 2.29. The molecule has 0 saturated carbocycles. The van der Waals surface area contributed by atoms with Gasteiger partial charge in [0.05, 0.1) is 45.0 Å². The van der Waals surface area contributed by atoms with Crippen LogP contribution in [-0.2, 0) is 21.6 Å². The summed E-state index contributed by atoms with van der Waals surface area (Å²) in [7, 11) is 0.618. The van der Waals surface area contributed by atoms with Gasteiger partial charge in [-0.1, -0.05) is 0 Å². The monoisotopic (exact) mass is 490 g/mol. The second-order valence-corrected chi connectivity index (χ2v) is 8.29. The van der Waals surface area contributed by atoms with Crippen molar-refractivity contribution in [2.24, 2.45) is 0 Å². The highest BCUT2D eigenvalue weighted by atomic mass is 127. The summed E-state index contributed by atoms with van der Waals surface area (Å²) in [6.45, 7) is 12.9. The minimum Gasteiger partial charge on any atom is -0.376 e. The lowest BCUT2D eigenvalue weighted by Crippen LogP contribution is -2.36. The maximum Gasteiger partial charge on any atom is 0.258 e. The van der Waals surface area contributed by atoms with Crippen molar-refractivity contribution in [3.63, 3.8) is 0 Å². The topological polar surface area (TPSA) is 73.2 Å². The molecule has 7 nitrogen and oxygen atoms in total. The Morgan fingerprint density at radius 2 is 1.92 bits per heavy atom. The van der Waals surface area contributed by atoms with Gasteiger partial charge in [-0.15, -0.1) is 0 Å². The van der Waals surface area contributed by atoms with E-state index in [-0.39, 0.29) is 12.2 Å². The highest BCUT2D eigenvalue weighted by molar-refractivity contribution is 14.1. The first-order valence-electron chi connectivity index (χ1n) is 8.46. The third-order valence-corrected chi connectivity index (χ3v) is 5.52. The van der Waals surface area contributed by atoms with Gasteiger partial charge in [-0.2, -0.15) is 5.26 Å². The van der Waals surface area contributed by atoms with Crippen molar-refractivity contribution in [2.45, 2.75) is 65.3 Å². The summed E-state index contributed by atoms with van der Waals surface area (Å²) in [4.78, 5) is 0. The van der Waals surface area contributed by atoms with Crippen LogP contribution in [0.25, 0.3) is 0 Å². The Hall–Kier alpha value is 0.410. The van der Waals surface area contributed by atoms with Crippen LogP contribution in [0.1, 0.15) is 41.0 Å². The van der Waals surface area contributed by atoms with Gasteiger partial charge in [0.1, 0.15) is 29.1 Å². The Morgan fingerprint density at radius 3 is 2.36 bits per heavy atom. The van der Waals surface area contributed by atoms with Gasteiger partial charge in [0, 0.05) is 19.2 Å². The largest absolute Gasteiger partial charge is 0.376 e. The number of nitrogens with zero attached hydrogens (tertiary/aromatic N) is 2. The van der Waals surface area contributed by atoms with Crippen molar-refractivity contribution < 1.29 is 21.6 Å². The fourth-order valence-corrected chi connectivity index (χ4v) is 4.12. The van der Waals surface area contributed by atoms with Crippen molar-refractivity contribution in [3.8, 4) is 6.07 Å². The maximum atomic E-state index is 8.43. The SMILES string of the molecule is CC1COCC(COI)O1.COP(OCCC#N)N(C(C)C)C(C)C. The molecule has 1 heterocycles. The Bertz CT molecular complexity index is 361. The zero-order valence-corrected chi connectivity index (χ0v) is 19.2. The Labute approximate surface area is 167 Å². The van der Waals surface area contributed by atoms with Gasteiger partial charge in [-0.05, 0) is 34.6 Å². The van der Waals surface area contributed by atoms with Crippen molar-refractivity contribution in [1.29, 1.82) is 5.26 Å². The zero-order valence-electron chi connectivity index (χ0n) is 16.1. The summed E-state index contributed by atoms with van der Waals surface area (Å²) in [5, 5.41) is 8.43. The summed E-state index contributed by atoms with van der Waals surface area (Å²) < 4.78 is 28.7. The average Bonchev–Trinajstić information content (AvgIpc) is 2.54. The quantitative estimate of drug-likeness (QED) is 0.274. The molecule has 0 N–H and O–H groups in total. The lowest BCUT2D eigenvalue weighted by atomic mass is 10.3. The van der Waals surface area contributed by atoms with E-state index < -0.39 is 8.53 Å². The first-order valence-corrected chi connectivity index (χ1v) is 10.5. The van der Waals surface area contributed by atoms with E-state index in [1.807, 2.05) is 29.9 Å². The molecule has 1 aliphatic rings. The summed E-state index contributed by atoms with van der Waals surface area (Å²) in [5.74, 6) is 0. The zero-order chi connectivity index (χ0) is 19.2. The summed E-state index contributed by atoms with van der Waals surface area (Å²) in [6.07, 6.45) is 0.748. The molecule has 0 aromatic rings. The number of ether oxygens (including phenoxy) is 2. The molecular formula is C16H32IN2O5P. The van der Waals surface area contributed by atoms with Crippen molar-refractivity contribution in [2.75, 3.05) is 33.5 Å².